The van der Waals surface area contributed by atoms with Crippen molar-refractivity contribution in [2.75, 3.05) is 31.6 Å². The van der Waals surface area contributed by atoms with Crippen LogP contribution in [0.1, 0.15) is 34.8 Å². The molecule has 0 aromatic heterocycles. The standard InChI is InChI=1S/C21H23N3O4/c22-21(26)14-3-6-16(7-4-14)23-20(25)13-24-9-1-2-17(24)15-5-8-18-19(12-15)28-11-10-27-18/h3-8,12,17H,1-2,9-11,13H2,(H2,22,26)(H,23,25)/p+1/t17-/m1/s1. The van der Waals surface area contributed by atoms with Crippen LogP contribution in [0.25, 0.3) is 0 Å². The predicted octanol–water partition coefficient (Wildman–Crippen LogP) is 0.915. The quantitative estimate of drug-likeness (QED) is 0.717. The molecule has 2 heterocycles. The van der Waals surface area contributed by atoms with Gasteiger partial charge in [-0.05, 0) is 42.5 Å². The van der Waals surface area contributed by atoms with Crippen molar-refractivity contribution < 1.29 is 24.0 Å². The summed E-state index contributed by atoms with van der Waals surface area (Å²) in [6.45, 7) is 2.48. The number of hydrogen-bond donors (Lipinski definition) is 3. The van der Waals surface area contributed by atoms with E-state index in [4.69, 9.17) is 15.2 Å². The lowest BCUT2D eigenvalue weighted by Crippen LogP contribution is -3.11. The fourth-order valence-corrected chi connectivity index (χ4v) is 3.93. The molecule has 2 aromatic carbocycles. The van der Waals surface area contributed by atoms with E-state index in [9.17, 15) is 9.59 Å². The summed E-state index contributed by atoms with van der Waals surface area (Å²) >= 11 is 0. The zero-order chi connectivity index (χ0) is 19.5. The Kier molecular flexibility index (Phi) is 5.16. The molecule has 0 spiro atoms. The highest BCUT2D eigenvalue weighted by molar-refractivity contribution is 5.95. The first kappa shape index (κ1) is 18.3. The van der Waals surface area contributed by atoms with Crippen LogP contribution in [0.5, 0.6) is 11.5 Å². The van der Waals surface area contributed by atoms with Crippen molar-refractivity contribution >= 4 is 17.5 Å². The molecule has 2 aliphatic rings. The Hall–Kier alpha value is -3.06. The van der Waals surface area contributed by atoms with Crippen LogP contribution in [0.4, 0.5) is 5.69 Å². The van der Waals surface area contributed by atoms with E-state index in [1.54, 1.807) is 24.3 Å². The average molecular weight is 382 g/mol. The van der Waals surface area contributed by atoms with E-state index in [-0.39, 0.29) is 11.9 Å². The summed E-state index contributed by atoms with van der Waals surface area (Å²) in [5, 5.41) is 2.90. The van der Waals surface area contributed by atoms with Crippen LogP contribution in [0.3, 0.4) is 0 Å². The maximum absolute atomic E-state index is 12.5. The molecule has 1 fully saturated rings. The summed E-state index contributed by atoms with van der Waals surface area (Å²) in [4.78, 5) is 24.9. The van der Waals surface area contributed by atoms with E-state index in [0.29, 0.717) is 31.0 Å². The number of primary amides is 1. The second-order valence-corrected chi connectivity index (χ2v) is 7.17. The maximum atomic E-state index is 12.5. The zero-order valence-corrected chi connectivity index (χ0v) is 15.6. The van der Waals surface area contributed by atoms with Crippen molar-refractivity contribution in [1.29, 1.82) is 0 Å². The van der Waals surface area contributed by atoms with Gasteiger partial charge in [0.25, 0.3) is 5.91 Å². The highest BCUT2D eigenvalue weighted by Crippen LogP contribution is 2.33. The lowest BCUT2D eigenvalue weighted by atomic mass is 10.0. The van der Waals surface area contributed by atoms with Crippen molar-refractivity contribution in [2.24, 2.45) is 5.73 Å². The van der Waals surface area contributed by atoms with Gasteiger partial charge in [0.15, 0.2) is 18.0 Å². The first-order valence-electron chi connectivity index (χ1n) is 9.54. The number of ether oxygens (including phenoxy) is 2. The third-order valence-electron chi connectivity index (χ3n) is 5.29. The molecular formula is C21H24N3O4+. The number of likely N-dealkylation sites (tertiary alicyclic amines) is 1. The molecule has 146 valence electrons. The SMILES string of the molecule is NC(=O)c1ccc(NC(=O)C[NH+]2CCC[C@@H]2c2ccc3c(c2)OCCO3)cc1. The van der Waals surface area contributed by atoms with Crippen LogP contribution in [0, 0.1) is 0 Å². The molecule has 4 rings (SSSR count). The van der Waals surface area contributed by atoms with Crippen molar-refractivity contribution in [2.45, 2.75) is 18.9 Å². The smallest absolute Gasteiger partial charge is 0.279 e. The van der Waals surface area contributed by atoms with Gasteiger partial charge in [0.2, 0.25) is 5.91 Å². The van der Waals surface area contributed by atoms with Crippen LogP contribution in [-0.2, 0) is 4.79 Å². The van der Waals surface area contributed by atoms with Crippen LogP contribution in [0.2, 0.25) is 0 Å². The molecule has 1 unspecified atom stereocenters. The largest absolute Gasteiger partial charge is 0.486 e. The van der Waals surface area contributed by atoms with Crippen LogP contribution < -0.4 is 25.4 Å². The molecule has 2 aliphatic heterocycles. The third kappa shape index (κ3) is 3.94. The number of fused-ring (bicyclic) bond motifs is 1. The van der Waals surface area contributed by atoms with Gasteiger partial charge in [0.1, 0.15) is 19.3 Å². The van der Waals surface area contributed by atoms with E-state index in [1.807, 2.05) is 12.1 Å². The fourth-order valence-electron chi connectivity index (χ4n) is 3.93. The lowest BCUT2D eigenvalue weighted by molar-refractivity contribution is -0.910. The molecule has 2 atom stereocenters. The zero-order valence-electron chi connectivity index (χ0n) is 15.6. The topological polar surface area (TPSA) is 95.1 Å². The summed E-state index contributed by atoms with van der Waals surface area (Å²) < 4.78 is 11.3. The van der Waals surface area contributed by atoms with Gasteiger partial charge >= 0.3 is 0 Å². The monoisotopic (exact) mass is 382 g/mol. The number of nitrogens with two attached hydrogens (primary N) is 1. The Bertz CT molecular complexity index is 882. The molecule has 4 N–H and O–H groups in total. The second kappa shape index (κ2) is 7.90. The Balaban J connectivity index is 1.41. The van der Waals surface area contributed by atoms with Crippen molar-refractivity contribution in [3.63, 3.8) is 0 Å². The van der Waals surface area contributed by atoms with Gasteiger partial charge in [-0.15, -0.1) is 0 Å². The second-order valence-electron chi connectivity index (χ2n) is 7.17. The van der Waals surface area contributed by atoms with Gasteiger partial charge in [-0.1, -0.05) is 0 Å². The van der Waals surface area contributed by atoms with Gasteiger partial charge < -0.3 is 25.4 Å². The summed E-state index contributed by atoms with van der Waals surface area (Å²) in [7, 11) is 0. The molecule has 0 radical (unpaired) electrons. The predicted molar refractivity (Wildman–Crippen MR) is 104 cm³/mol. The van der Waals surface area contributed by atoms with Gasteiger partial charge in [0, 0.05) is 29.7 Å². The molecule has 0 bridgehead atoms. The third-order valence-corrected chi connectivity index (χ3v) is 5.29. The highest BCUT2D eigenvalue weighted by atomic mass is 16.6. The van der Waals surface area contributed by atoms with Crippen LogP contribution in [-0.4, -0.2) is 38.1 Å². The molecule has 28 heavy (non-hydrogen) atoms. The minimum atomic E-state index is -0.485. The average Bonchev–Trinajstić information content (AvgIpc) is 3.16. The van der Waals surface area contributed by atoms with E-state index in [0.717, 1.165) is 30.9 Å². The number of quaternary nitrogens is 1. The minimum absolute atomic E-state index is 0.0498. The Morgan fingerprint density at radius 2 is 1.82 bits per heavy atom. The number of nitrogens with one attached hydrogen (secondary N) is 2. The molecule has 7 nitrogen and oxygen atoms in total. The maximum Gasteiger partial charge on any atom is 0.279 e. The summed E-state index contributed by atoms with van der Waals surface area (Å²) in [5.41, 5.74) is 7.49. The van der Waals surface area contributed by atoms with Crippen LogP contribution >= 0.6 is 0 Å². The number of amides is 2. The Morgan fingerprint density at radius 3 is 2.57 bits per heavy atom. The normalized spacial score (nSPS) is 20.6. The van der Waals surface area contributed by atoms with Gasteiger partial charge in [-0.2, -0.15) is 0 Å². The number of carbonyl (C=O) groups is 2. The van der Waals surface area contributed by atoms with Gasteiger partial charge in [-0.25, -0.2) is 0 Å². The molecular weight excluding hydrogens is 358 g/mol. The van der Waals surface area contributed by atoms with Crippen LogP contribution in [0.15, 0.2) is 42.5 Å². The van der Waals surface area contributed by atoms with Crippen molar-refractivity contribution in [3.05, 3.63) is 53.6 Å². The number of carbonyl (C=O) groups excluding carboxylic acids is 2. The molecule has 1 saturated heterocycles. The first-order valence-corrected chi connectivity index (χ1v) is 9.54. The molecule has 7 heteroatoms. The molecule has 2 aromatic rings. The summed E-state index contributed by atoms with van der Waals surface area (Å²) in [5.74, 6) is 1.04. The lowest BCUT2D eigenvalue weighted by Gasteiger charge is -2.24. The molecule has 0 saturated carbocycles. The number of benzene rings is 2. The Labute approximate surface area is 163 Å². The van der Waals surface area contributed by atoms with E-state index >= 15 is 0 Å². The summed E-state index contributed by atoms with van der Waals surface area (Å²) in [6.07, 6.45) is 2.12. The van der Waals surface area contributed by atoms with Crippen molar-refractivity contribution in [1.82, 2.24) is 0 Å². The number of anilines is 1. The van der Waals surface area contributed by atoms with Gasteiger partial charge in [0.05, 0.1) is 6.54 Å². The van der Waals surface area contributed by atoms with Crippen molar-refractivity contribution in [3.8, 4) is 11.5 Å². The van der Waals surface area contributed by atoms with Gasteiger partial charge in [-0.3, -0.25) is 9.59 Å². The minimum Gasteiger partial charge on any atom is -0.486 e. The first-order chi connectivity index (χ1) is 13.6. The van der Waals surface area contributed by atoms with E-state index in [1.165, 1.54) is 10.5 Å². The number of rotatable bonds is 5. The summed E-state index contributed by atoms with van der Waals surface area (Å²) in [6, 6.07) is 12.9. The fraction of sp³-hybridized carbons (Fsp3) is 0.333. The molecule has 2 amide bonds. The number of hydrogen-bond acceptors (Lipinski definition) is 4. The molecule has 0 aliphatic carbocycles. The highest BCUT2D eigenvalue weighted by Gasteiger charge is 2.32. The van der Waals surface area contributed by atoms with E-state index < -0.39 is 5.91 Å². The van der Waals surface area contributed by atoms with E-state index in [2.05, 4.69) is 11.4 Å². The Morgan fingerprint density at radius 1 is 1.07 bits per heavy atom.